The Bertz CT molecular complexity index is 471. The van der Waals surface area contributed by atoms with Crippen molar-refractivity contribution in [2.24, 2.45) is 5.73 Å². The summed E-state index contributed by atoms with van der Waals surface area (Å²) in [6, 6.07) is 1.53. The van der Waals surface area contributed by atoms with Crippen molar-refractivity contribution in [1.82, 2.24) is 19.6 Å². The fraction of sp³-hybridized carbons (Fsp3) is 0.615. The number of rotatable bonds is 4. The maximum atomic E-state index is 12.3. The van der Waals surface area contributed by atoms with Gasteiger partial charge in [-0.05, 0) is 19.9 Å². The van der Waals surface area contributed by atoms with Crippen molar-refractivity contribution in [3.05, 3.63) is 18.5 Å². The van der Waals surface area contributed by atoms with E-state index >= 15 is 0 Å². The second-order valence-electron chi connectivity index (χ2n) is 5.30. The molecule has 20 heavy (non-hydrogen) atoms. The molecular weight excluding hydrogens is 258 g/mol. The highest BCUT2D eigenvalue weighted by atomic mass is 16.2. The molecule has 0 aliphatic carbocycles. The summed E-state index contributed by atoms with van der Waals surface area (Å²) in [7, 11) is 0. The Morgan fingerprint density at radius 3 is 2.70 bits per heavy atom. The molecular formula is C13H21N5O2. The second kappa shape index (κ2) is 6.04. The predicted molar refractivity (Wildman–Crippen MR) is 73.6 cm³/mol. The zero-order valence-corrected chi connectivity index (χ0v) is 11.9. The van der Waals surface area contributed by atoms with Crippen LogP contribution >= 0.6 is 0 Å². The number of aromatic nitrogens is 2. The van der Waals surface area contributed by atoms with E-state index in [1.54, 1.807) is 28.0 Å². The highest BCUT2D eigenvalue weighted by Gasteiger charge is 2.34. The first-order valence-electron chi connectivity index (χ1n) is 6.79. The van der Waals surface area contributed by atoms with E-state index in [0.29, 0.717) is 19.1 Å². The summed E-state index contributed by atoms with van der Waals surface area (Å²) in [5.41, 5.74) is 5.45. The first-order valence-corrected chi connectivity index (χ1v) is 6.79. The van der Waals surface area contributed by atoms with Gasteiger partial charge in [0, 0.05) is 38.1 Å². The third kappa shape index (κ3) is 3.16. The lowest BCUT2D eigenvalue weighted by atomic mass is 10.1. The topological polar surface area (TPSA) is 84.5 Å². The Morgan fingerprint density at radius 2 is 2.15 bits per heavy atom. The highest BCUT2D eigenvalue weighted by molar-refractivity contribution is 5.87. The average molecular weight is 279 g/mol. The first-order chi connectivity index (χ1) is 9.49. The molecule has 1 saturated heterocycles. The number of carbonyl (C=O) groups excluding carboxylic acids is 2. The van der Waals surface area contributed by atoms with Crippen LogP contribution in [0.4, 0.5) is 0 Å². The molecule has 0 spiro atoms. The third-order valence-electron chi connectivity index (χ3n) is 3.65. The van der Waals surface area contributed by atoms with Gasteiger partial charge < -0.3 is 10.6 Å². The van der Waals surface area contributed by atoms with E-state index in [0.717, 1.165) is 6.54 Å². The van der Waals surface area contributed by atoms with Crippen LogP contribution in [0.15, 0.2) is 18.5 Å². The minimum atomic E-state index is -0.561. The van der Waals surface area contributed by atoms with Gasteiger partial charge >= 0.3 is 0 Å². The molecule has 2 amide bonds. The van der Waals surface area contributed by atoms with Crippen molar-refractivity contribution in [2.75, 3.05) is 19.6 Å². The Morgan fingerprint density at radius 1 is 1.40 bits per heavy atom. The molecule has 1 atom stereocenters. The minimum Gasteiger partial charge on any atom is -0.368 e. The van der Waals surface area contributed by atoms with Crippen molar-refractivity contribution in [1.29, 1.82) is 0 Å². The zero-order chi connectivity index (χ0) is 14.7. The number of nitrogens with two attached hydrogens (primary N) is 1. The van der Waals surface area contributed by atoms with Gasteiger partial charge in [-0.1, -0.05) is 0 Å². The van der Waals surface area contributed by atoms with Gasteiger partial charge in [-0.15, -0.1) is 0 Å². The maximum Gasteiger partial charge on any atom is 0.245 e. The Kier molecular flexibility index (Phi) is 4.39. The van der Waals surface area contributed by atoms with Crippen molar-refractivity contribution < 1.29 is 9.59 Å². The van der Waals surface area contributed by atoms with E-state index in [4.69, 9.17) is 5.73 Å². The third-order valence-corrected chi connectivity index (χ3v) is 3.65. The predicted octanol–water partition coefficient (Wildman–Crippen LogP) is -0.710. The second-order valence-corrected chi connectivity index (χ2v) is 5.30. The van der Waals surface area contributed by atoms with Gasteiger partial charge in [0.2, 0.25) is 11.8 Å². The summed E-state index contributed by atoms with van der Waals surface area (Å²) in [5, 5.41) is 4.01. The summed E-state index contributed by atoms with van der Waals surface area (Å²) in [5.74, 6) is -0.579. The number of amides is 2. The van der Waals surface area contributed by atoms with Crippen LogP contribution in [0.2, 0.25) is 0 Å². The van der Waals surface area contributed by atoms with E-state index in [1.807, 2.05) is 0 Å². The Hall–Kier alpha value is -1.89. The van der Waals surface area contributed by atoms with Crippen molar-refractivity contribution in [3.63, 3.8) is 0 Å². The van der Waals surface area contributed by atoms with Crippen LogP contribution in [0.25, 0.3) is 0 Å². The monoisotopic (exact) mass is 279 g/mol. The molecule has 0 saturated carbocycles. The zero-order valence-electron chi connectivity index (χ0n) is 11.9. The lowest BCUT2D eigenvalue weighted by molar-refractivity contribution is -0.143. The van der Waals surface area contributed by atoms with Gasteiger partial charge in [0.05, 0.1) is 0 Å². The molecule has 1 aromatic heterocycles. The van der Waals surface area contributed by atoms with Crippen LogP contribution in [-0.2, 0) is 16.1 Å². The van der Waals surface area contributed by atoms with Gasteiger partial charge in [0.25, 0.3) is 0 Å². The highest BCUT2D eigenvalue weighted by Crippen LogP contribution is 2.13. The van der Waals surface area contributed by atoms with Gasteiger partial charge in [-0.25, -0.2) is 0 Å². The Labute approximate surface area is 118 Å². The molecule has 7 heteroatoms. The number of hydrogen-bond acceptors (Lipinski definition) is 4. The number of piperazine rings is 1. The van der Waals surface area contributed by atoms with Gasteiger partial charge in [-0.3, -0.25) is 19.2 Å². The standard InChI is InChI=1S/C13H21N5O2/c1-10(2)16-6-7-18(11(8-16)13(14)20)12(19)9-17-5-3-4-15-17/h3-5,10-11H,6-9H2,1-2H3,(H2,14,20). The quantitative estimate of drug-likeness (QED) is 0.789. The molecule has 0 aromatic carbocycles. The van der Waals surface area contributed by atoms with Crippen LogP contribution in [-0.4, -0.2) is 63.1 Å². The van der Waals surface area contributed by atoms with E-state index in [2.05, 4.69) is 23.8 Å². The van der Waals surface area contributed by atoms with Crippen LogP contribution in [0.5, 0.6) is 0 Å². The molecule has 1 aliphatic rings. The lowest BCUT2D eigenvalue weighted by Crippen LogP contribution is -2.61. The molecule has 2 rings (SSSR count). The summed E-state index contributed by atoms with van der Waals surface area (Å²) < 4.78 is 1.55. The normalized spacial score (nSPS) is 20.4. The van der Waals surface area contributed by atoms with Crippen molar-refractivity contribution >= 4 is 11.8 Å². The number of carbonyl (C=O) groups is 2. The molecule has 2 N–H and O–H groups in total. The van der Waals surface area contributed by atoms with Crippen LogP contribution in [0, 0.1) is 0 Å². The van der Waals surface area contributed by atoms with Crippen molar-refractivity contribution in [2.45, 2.75) is 32.5 Å². The first kappa shape index (κ1) is 14.5. The molecule has 1 aliphatic heterocycles. The number of nitrogens with zero attached hydrogens (tertiary/aromatic N) is 4. The molecule has 1 fully saturated rings. The number of hydrogen-bond donors (Lipinski definition) is 1. The summed E-state index contributed by atoms with van der Waals surface area (Å²) in [6.07, 6.45) is 3.34. The van der Waals surface area contributed by atoms with Crippen molar-refractivity contribution in [3.8, 4) is 0 Å². The fourth-order valence-electron chi connectivity index (χ4n) is 2.44. The maximum absolute atomic E-state index is 12.3. The molecule has 1 aromatic rings. The summed E-state index contributed by atoms with van der Waals surface area (Å²) in [4.78, 5) is 27.6. The molecule has 1 unspecified atom stereocenters. The van der Waals surface area contributed by atoms with E-state index in [1.165, 1.54) is 0 Å². The lowest BCUT2D eigenvalue weighted by Gasteiger charge is -2.41. The molecule has 2 heterocycles. The molecule has 110 valence electrons. The smallest absolute Gasteiger partial charge is 0.245 e. The van der Waals surface area contributed by atoms with E-state index < -0.39 is 11.9 Å². The average Bonchev–Trinajstić information content (AvgIpc) is 2.90. The fourth-order valence-corrected chi connectivity index (χ4v) is 2.44. The van der Waals surface area contributed by atoms with Gasteiger partial charge in [-0.2, -0.15) is 5.10 Å². The molecule has 0 radical (unpaired) electrons. The van der Waals surface area contributed by atoms with Crippen LogP contribution < -0.4 is 5.73 Å². The number of primary amides is 1. The van der Waals surface area contributed by atoms with Gasteiger partial charge in [0.1, 0.15) is 12.6 Å². The molecule has 0 bridgehead atoms. The van der Waals surface area contributed by atoms with E-state index in [9.17, 15) is 9.59 Å². The largest absolute Gasteiger partial charge is 0.368 e. The van der Waals surface area contributed by atoms with E-state index in [-0.39, 0.29) is 12.5 Å². The van der Waals surface area contributed by atoms with Crippen LogP contribution in [0.1, 0.15) is 13.8 Å². The van der Waals surface area contributed by atoms with Crippen LogP contribution in [0.3, 0.4) is 0 Å². The van der Waals surface area contributed by atoms with Gasteiger partial charge in [0.15, 0.2) is 0 Å². The molecule has 7 nitrogen and oxygen atoms in total. The summed E-state index contributed by atoms with van der Waals surface area (Å²) in [6.45, 7) is 6.05. The summed E-state index contributed by atoms with van der Waals surface area (Å²) >= 11 is 0. The SMILES string of the molecule is CC(C)N1CCN(C(=O)Cn2cccn2)C(C(N)=O)C1. The Balaban J connectivity index is 2.05. The minimum absolute atomic E-state index is 0.124.